The van der Waals surface area contributed by atoms with Crippen molar-refractivity contribution in [3.63, 3.8) is 0 Å². The molecule has 0 radical (unpaired) electrons. The maximum Gasteiger partial charge on any atom is 0.472 e. The van der Waals surface area contributed by atoms with E-state index in [1.54, 1.807) is 0 Å². The van der Waals surface area contributed by atoms with E-state index in [0.717, 1.165) is 121 Å². The number of aliphatic hydroxyl groups excluding tert-OH is 1. The van der Waals surface area contributed by atoms with Gasteiger partial charge in [0.25, 0.3) is 0 Å². The zero-order valence-corrected chi connectivity index (χ0v) is 56.2. The summed E-state index contributed by atoms with van der Waals surface area (Å²) in [6.45, 7) is 9.31. The van der Waals surface area contributed by atoms with Crippen LogP contribution in [0.2, 0.25) is 0 Å². The lowest BCUT2D eigenvalue weighted by atomic mass is 10.00. The summed E-state index contributed by atoms with van der Waals surface area (Å²) in [6, 6.07) is 0. The molecule has 0 aliphatic carbocycles. The van der Waals surface area contributed by atoms with Crippen molar-refractivity contribution in [2.45, 2.75) is 323 Å². The highest BCUT2D eigenvalue weighted by atomic mass is 31.2. The topological polar surface area (TPSA) is 237 Å². The van der Waals surface area contributed by atoms with Crippen LogP contribution in [0, 0.1) is 11.8 Å². The number of esters is 4. The highest BCUT2D eigenvalue weighted by Crippen LogP contribution is 2.45. The van der Waals surface area contributed by atoms with Crippen molar-refractivity contribution in [2.75, 3.05) is 39.6 Å². The fraction of sp³-hybridized carbons (Fsp3) is 0.879. The average molecular weight is 1250 g/mol. The first-order valence-corrected chi connectivity index (χ1v) is 36.8. The van der Waals surface area contributed by atoms with E-state index in [9.17, 15) is 43.2 Å². The number of allylic oxidation sites excluding steroid dienone is 4. The van der Waals surface area contributed by atoms with Crippen LogP contribution in [0.1, 0.15) is 305 Å². The number of aliphatic hydroxyl groups is 1. The van der Waals surface area contributed by atoms with Crippen molar-refractivity contribution in [3.05, 3.63) is 24.3 Å². The number of ether oxygens (including phenoxy) is 4. The van der Waals surface area contributed by atoms with E-state index in [-0.39, 0.29) is 25.7 Å². The second kappa shape index (κ2) is 57.9. The Bertz CT molecular complexity index is 1760. The maximum absolute atomic E-state index is 13.0. The number of hydrogen-bond donors (Lipinski definition) is 3. The Morgan fingerprint density at radius 1 is 0.388 bits per heavy atom. The summed E-state index contributed by atoms with van der Waals surface area (Å²) in [5.74, 6) is -0.676. The van der Waals surface area contributed by atoms with E-state index in [1.165, 1.54) is 103 Å². The number of unbranched alkanes of at least 4 members (excludes halogenated alkanes) is 29. The van der Waals surface area contributed by atoms with Gasteiger partial charge >= 0.3 is 39.5 Å². The lowest BCUT2D eigenvalue weighted by Gasteiger charge is -2.21. The van der Waals surface area contributed by atoms with Crippen molar-refractivity contribution < 1.29 is 80.2 Å². The molecule has 0 rings (SSSR count). The van der Waals surface area contributed by atoms with Crippen LogP contribution in [0.15, 0.2) is 24.3 Å². The molecule has 85 heavy (non-hydrogen) atoms. The smallest absolute Gasteiger partial charge is 0.462 e. The minimum absolute atomic E-state index is 0.0846. The van der Waals surface area contributed by atoms with Gasteiger partial charge in [0, 0.05) is 25.7 Å². The van der Waals surface area contributed by atoms with Crippen LogP contribution in [0.5, 0.6) is 0 Å². The molecule has 3 N–H and O–H groups in total. The molecule has 0 saturated carbocycles. The molecule has 19 heteroatoms. The molecule has 0 aromatic carbocycles. The summed E-state index contributed by atoms with van der Waals surface area (Å²) in [7, 11) is -9.90. The second-order valence-corrected chi connectivity index (χ2v) is 26.8. The molecule has 17 nitrogen and oxygen atoms in total. The average Bonchev–Trinajstić information content (AvgIpc) is 3.61. The van der Waals surface area contributed by atoms with Crippen LogP contribution in [0.3, 0.4) is 0 Å². The first-order chi connectivity index (χ1) is 40.9. The Labute approximate surface area is 516 Å². The van der Waals surface area contributed by atoms with E-state index in [2.05, 4.69) is 65.8 Å². The zero-order chi connectivity index (χ0) is 62.9. The molecule has 0 aliphatic rings. The quantitative estimate of drug-likeness (QED) is 0.0169. The molecule has 0 heterocycles. The van der Waals surface area contributed by atoms with Crippen LogP contribution in [0.25, 0.3) is 0 Å². The lowest BCUT2D eigenvalue weighted by Crippen LogP contribution is -2.30. The third-order valence-corrected chi connectivity index (χ3v) is 16.8. The van der Waals surface area contributed by atoms with Crippen LogP contribution in [0.4, 0.5) is 0 Å². The molecule has 0 fully saturated rings. The molecule has 0 aliphatic heterocycles. The van der Waals surface area contributed by atoms with E-state index >= 15 is 0 Å². The molecule has 0 amide bonds. The van der Waals surface area contributed by atoms with Crippen LogP contribution in [-0.2, 0) is 65.4 Å². The monoisotopic (exact) mass is 1250 g/mol. The molecule has 0 bridgehead atoms. The molecule has 0 saturated heterocycles. The summed E-state index contributed by atoms with van der Waals surface area (Å²) in [6.07, 6.45) is 44.3. The summed E-state index contributed by atoms with van der Waals surface area (Å²) < 4.78 is 67.8. The Balaban J connectivity index is 5.22. The summed E-state index contributed by atoms with van der Waals surface area (Å²) in [4.78, 5) is 72.0. The van der Waals surface area contributed by atoms with E-state index in [1.807, 2.05) is 0 Å². The number of rotatable bonds is 63. The zero-order valence-electron chi connectivity index (χ0n) is 54.4. The first-order valence-electron chi connectivity index (χ1n) is 33.8. The minimum Gasteiger partial charge on any atom is -0.462 e. The van der Waals surface area contributed by atoms with Gasteiger partial charge in [0.1, 0.15) is 19.3 Å². The maximum atomic E-state index is 13.0. The highest BCUT2D eigenvalue weighted by Gasteiger charge is 2.30. The number of phosphoric acid groups is 2. The van der Waals surface area contributed by atoms with E-state index in [4.69, 9.17) is 37.0 Å². The molecule has 6 atom stereocenters. The fourth-order valence-corrected chi connectivity index (χ4v) is 10.9. The highest BCUT2D eigenvalue weighted by molar-refractivity contribution is 7.47. The van der Waals surface area contributed by atoms with E-state index in [0.29, 0.717) is 25.7 Å². The summed E-state index contributed by atoms with van der Waals surface area (Å²) in [5.41, 5.74) is 0. The molecule has 0 aromatic rings. The van der Waals surface area contributed by atoms with Gasteiger partial charge in [-0.05, 0) is 63.2 Å². The Morgan fingerprint density at radius 3 is 1.06 bits per heavy atom. The van der Waals surface area contributed by atoms with Gasteiger partial charge in [0.15, 0.2) is 12.2 Å². The molecule has 3 unspecified atom stereocenters. The summed E-state index contributed by atoms with van der Waals surface area (Å²) in [5, 5.41) is 10.5. The van der Waals surface area contributed by atoms with Crippen LogP contribution in [-0.4, -0.2) is 96.7 Å². The minimum atomic E-state index is -4.95. The van der Waals surface area contributed by atoms with Gasteiger partial charge in [-0.2, -0.15) is 0 Å². The van der Waals surface area contributed by atoms with Gasteiger partial charge in [-0.3, -0.25) is 37.3 Å². The normalized spacial score (nSPS) is 14.8. The lowest BCUT2D eigenvalue weighted by molar-refractivity contribution is -0.161. The largest absolute Gasteiger partial charge is 0.472 e. The first kappa shape index (κ1) is 82.5. The van der Waals surface area contributed by atoms with Gasteiger partial charge < -0.3 is 33.8 Å². The predicted octanol–water partition coefficient (Wildman–Crippen LogP) is 18.0. The van der Waals surface area contributed by atoms with Crippen molar-refractivity contribution in [1.29, 1.82) is 0 Å². The number of hydrogen-bond acceptors (Lipinski definition) is 15. The van der Waals surface area contributed by atoms with Crippen molar-refractivity contribution in [1.82, 2.24) is 0 Å². The Kier molecular flexibility index (Phi) is 56.3. The molecule has 0 aromatic heterocycles. The molecular weight excluding hydrogens is 1130 g/mol. The van der Waals surface area contributed by atoms with E-state index < -0.39 is 97.5 Å². The standard InChI is InChI=1S/C66H124O17P2/c1-7-10-12-14-15-16-17-18-19-20-25-28-31-38-44-50-65(70)82-62(55-77-64(69)49-43-37-30-27-24-22-21-23-26-29-35-40-46-58(4)5)57-81-85(74,75)79-53-60(67)52-78-84(72,73)80-56-61(54-76-63(68)48-42-34-13-11-8-2)83-66(71)51-45-39-33-32-36-41-47-59(6)9-3/h16-19,58-62,67H,7-15,20-57H2,1-6H3,(H,72,73)(H,74,75)/b17-16-,19-18-/t59?,60-,61+,62+/m0/s1. The Hall–Kier alpha value is -2.46. The van der Waals surface area contributed by atoms with Crippen LogP contribution >= 0.6 is 15.6 Å². The van der Waals surface area contributed by atoms with Gasteiger partial charge in [-0.1, -0.05) is 252 Å². The third-order valence-electron chi connectivity index (χ3n) is 14.9. The summed E-state index contributed by atoms with van der Waals surface area (Å²) >= 11 is 0. The number of phosphoric ester groups is 2. The fourth-order valence-electron chi connectivity index (χ4n) is 9.31. The van der Waals surface area contributed by atoms with Gasteiger partial charge in [0.05, 0.1) is 26.4 Å². The van der Waals surface area contributed by atoms with Crippen molar-refractivity contribution >= 4 is 39.5 Å². The van der Waals surface area contributed by atoms with Gasteiger partial charge in [0.2, 0.25) is 0 Å². The van der Waals surface area contributed by atoms with Gasteiger partial charge in [-0.25, -0.2) is 9.13 Å². The number of carbonyl (C=O) groups is 4. The van der Waals surface area contributed by atoms with Crippen molar-refractivity contribution in [3.8, 4) is 0 Å². The number of carbonyl (C=O) groups excluding carboxylic acids is 4. The molecule has 500 valence electrons. The second-order valence-electron chi connectivity index (χ2n) is 23.9. The third kappa shape index (κ3) is 59.0. The predicted molar refractivity (Wildman–Crippen MR) is 340 cm³/mol. The molecular formula is C66H124O17P2. The van der Waals surface area contributed by atoms with Gasteiger partial charge in [-0.15, -0.1) is 0 Å². The van der Waals surface area contributed by atoms with Crippen LogP contribution < -0.4 is 0 Å². The van der Waals surface area contributed by atoms with Crippen molar-refractivity contribution in [2.24, 2.45) is 11.8 Å². The SMILES string of the molecule is CCCCCC/C=C\C=C/CCCCCCCC(=O)O[C@H](COC(=O)CCCCCCCCCCCCCCC(C)C)COP(=O)(O)OC[C@@H](O)COP(=O)(O)OC[C@@H](COC(=O)CCCCCCC)OC(=O)CCCCCCCCC(C)CC. The molecule has 0 spiro atoms. The Morgan fingerprint density at radius 2 is 0.694 bits per heavy atom.